The monoisotopic (exact) mass is 336 g/mol. The number of fused-ring (bicyclic) bond motifs is 1. The Morgan fingerprint density at radius 2 is 2.22 bits per heavy atom. The Labute approximate surface area is 134 Å². The Morgan fingerprint density at radius 3 is 2.96 bits per heavy atom. The topological polar surface area (TPSA) is 103 Å². The van der Waals surface area contributed by atoms with E-state index >= 15 is 0 Å². The summed E-state index contributed by atoms with van der Waals surface area (Å²) in [4.78, 5) is 36.4. The van der Waals surface area contributed by atoms with Crippen LogP contribution in [0.1, 0.15) is 21.0 Å². The van der Waals surface area contributed by atoms with Crippen molar-refractivity contribution in [3.8, 4) is 0 Å². The van der Waals surface area contributed by atoms with Gasteiger partial charge in [0.05, 0.1) is 6.07 Å². The van der Waals surface area contributed by atoms with Gasteiger partial charge in [-0.2, -0.15) is 0 Å². The van der Waals surface area contributed by atoms with E-state index in [0.717, 1.165) is 24.1 Å². The van der Waals surface area contributed by atoms with Crippen LogP contribution in [0.4, 0.5) is 5.88 Å². The van der Waals surface area contributed by atoms with Crippen LogP contribution in [0.3, 0.4) is 0 Å². The normalized spacial score (nSPS) is 13.5. The summed E-state index contributed by atoms with van der Waals surface area (Å²) in [6.07, 6.45) is 0.789. The molecule has 2 aromatic heterocycles. The van der Waals surface area contributed by atoms with Crippen LogP contribution < -0.4 is 0 Å². The van der Waals surface area contributed by atoms with Crippen LogP contribution in [0.5, 0.6) is 0 Å². The van der Waals surface area contributed by atoms with Crippen LogP contribution in [0, 0.1) is 10.1 Å². The maximum Gasteiger partial charge on any atom is 0.433 e. The van der Waals surface area contributed by atoms with Gasteiger partial charge in [0.1, 0.15) is 4.92 Å². The Kier molecular flexibility index (Phi) is 4.11. The van der Waals surface area contributed by atoms with Crippen molar-refractivity contribution in [3.05, 3.63) is 49.9 Å². The van der Waals surface area contributed by atoms with Gasteiger partial charge in [-0.05, 0) is 29.5 Å². The molecule has 0 unspecified atom stereocenters. The predicted molar refractivity (Wildman–Crippen MR) is 79.1 cm³/mol. The number of thiophene rings is 1. The lowest BCUT2D eigenvalue weighted by molar-refractivity contribution is -0.402. The number of nitro groups is 1. The Bertz CT molecular complexity index is 765. The minimum Gasteiger partial charge on any atom is -0.450 e. The molecule has 120 valence electrons. The summed E-state index contributed by atoms with van der Waals surface area (Å²) in [5, 5.41) is 12.5. The van der Waals surface area contributed by atoms with Crippen molar-refractivity contribution in [3.63, 3.8) is 0 Å². The van der Waals surface area contributed by atoms with Gasteiger partial charge < -0.3 is 14.1 Å². The molecule has 2 aromatic rings. The van der Waals surface area contributed by atoms with Gasteiger partial charge >= 0.3 is 11.9 Å². The van der Waals surface area contributed by atoms with Crippen molar-refractivity contribution in [1.82, 2.24) is 4.90 Å². The minimum absolute atomic E-state index is 0.303. The Balaban J connectivity index is 1.54. The number of nitrogens with zero attached hydrogens (tertiary/aromatic N) is 2. The zero-order chi connectivity index (χ0) is 16.4. The number of hydrogen-bond donors (Lipinski definition) is 0. The van der Waals surface area contributed by atoms with Gasteiger partial charge in [0.2, 0.25) is 5.76 Å². The van der Waals surface area contributed by atoms with E-state index in [1.54, 1.807) is 16.2 Å². The molecule has 0 atom stereocenters. The molecule has 0 fully saturated rings. The SMILES string of the molecule is O=C(OCC(=O)N1CCc2sccc2C1)c1ccc([N+](=O)[O-])o1. The molecule has 23 heavy (non-hydrogen) atoms. The number of ether oxygens (including phenoxy) is 1. The van der Waals surface area contributed by atoms with E-state index in [2.05, 4.69) is 0 Å². The highest BCUT2D eigenvalue weighted by Gasteiger charge is 2.24. The number of hydrogen-bond acceptors (Lipinski definition) is 7. The zero-order valence-electron chi connectivity index (χ0n) is 11.9. The lowest BCUT2D eigenvalue weighted by atomic mass is 10.1. The van der Waals surface area contributed by atoms with Gasteiger partial charge in [-0.15, -0.1) is 11.3 Å². The first kappa shape index (κ1) is 15.2. The van der Waals surface area contributed by atoms with Gasteiger partial charge in [-0.3, -0.25) is 14.9 Å². The van der Waals surface area contributed by atoms with E-state index in [1.807, 2.05) is 11.4 Å². The van der Waals surface area contributed by atoms with E-state index in [9.17, 15) is 19.7 Å². The first-order valence-electron chi connectivity index (χ1n) is 6.79. The molecule has 1 aliphatic heterocycles. The molecule has 0 saturated carbocycles. The average molecular weight is 336 g/mol. The van der Waals surface area contributed by atoms with E-state index in [4.69, 9.17) is 9.15 Å². The van der Waals surface area contributed by atoms with Crippen LogP contribution in [0.25, 0.3) is 0 Å². The molecule has 0 saturated heterocycles. The minimum atomic E-state index is -0.903. The average Bonchev–Trinajstić information content (AvgIpc) is 3.20. The fourth-order valence-corrected chi connectivity index (χ4v) is 3.18. The summed E-state index contributed by atoms with van der Waals surface area (Å²) in [6.45, 7) is 0.657. The summed E-state index contributed by atoms with van der Waals surface area (Å²) < 4.78 is 9.59. The number of rotatable bonds is 4. The van der Waals surface area contributed by atoms with Crippen LogP contribution in [0.2, 0.25) is 0 Å². The lowest BCUT2D eigenvalue weighted by Crippen LogP contribution is -2.38. The summed E-state index contributed by atoms with van der Waals surface area (Å²) in [5.74, 6) is -2.07. The van der Waals surface area contributed by atoms with Crippen LogP contribution >= 0.6 is 11.3 Å². The van der Waals surface area contributed by atoms with Crippen molar-refractivity contribution in [1.29, 1.82) is 0 Å². The summed E-state index contributed by atoms with van der Waals surface area (Å²) in [7, 11) is 0. The van der Waals surface area contributed by atoms with Crippen molar-refractivity contribution in [2.24, 2.45) is 0 Å². The van der Waals surface area contributed by atoms with E-state index in [-0.39, 0.29) is 11.7 Å². The molecule has 0 radical (unpaired) electrons. The van der Waals surface area contributed by atoms with Gasteiger partial charge in [0.25, 0.3) is 5.91 Å². The van der Waals surface area contributed by atoms with E-state index in [1.165, 1.54) is 4.88 Å². The predicted octanol–water partition coefficient (Wildman–Crippen LogP) is 1.99. The van der Waals surface area contributed by atoms with Gasteiger partial charge in [0, 0.05) is 18.0 Å². The third kappa shape index (κ3) is 3.24. The molecule has 1 amide bonds. The highest BCUT2D eigenvalue weighted by atomic mass is 32.1. The molecule has 3 heterocycles. The highest BCUT2D eigenvalue weighted by Crippen LogP contribution is 2.24. The number of furan rings is 1. The van der Waals surface area contributed by atoms with Crippen LogP contribution in [-0.4, -0.2) is 34.9 Å². The maximum atomic E-state index is 12.1. The smallest absolute Gasteiger partial charge is 0.433 e. The standard InChI is InChI=1S/C14H12N2O6S/c17-12(15-5-3-11-9(7-15)4-6-23-11)8-21-14(18)10-1-2-13(22-10)16(19)20/h1-2,4,6H,3,5,7-8H2. The summed E-state index contributed by atoms with van der Waals surface area (Å²) in [5.41, 5.74) is 1.11. The molecule has 8 nitrogen and oxygen atoms in total. The molecule has 0 spiro atoms. The molecule has 9 heteroatoms. The molecule has 0 bridgehead atoms. The third-order valence-corrected chi connectivity index (χ3v) is 4.48. The maximum absolute atomic E-state index is 12.1. The van der Waals surface area contributed by atoms with Gasteiger partial charge in [-0.1, -0.05) is 0 Å². The zero-order valence-corrected chi connectivity index (χ0v) is 12.7. The van der Waals surface area contributed by atoms with Crippen molar-refractivity contribution in [2.75, 3.05) is 13.2 Å². The van der Waals surface area contributed by atoms with E-state index in [0.29, 0.717) is 13.1 Å². The second-order valence-electron chi connectivity index (χ2n) is 4.91. The largest absolute Gasteiger partial charge is 0.450 e. The molecule has 0 N–H and O–H groups in total. The second kappa shape index (κ2) is 6.21. The Morgan fingerprint density at radius 1 is 1.39 bits per heavy atom. The quantitative estimate of drug-likeness (QED) is 0.480. The molecule has 3 rings (SSSR count). The fourth-order valence-electron chi connectivity index (χ4n) is 2.29. The molecular formula is C14H12N2O6S. The van der Waals surface area contributed by atoms with Crippen LogP contribution in [0.15, 0.2) is 28.0 Å². The number of carbonyl (C=O) groups excluding carboxylic acids is 2. The first-order chi connectivity index (χ1) is 11.0. The van der Waals surface area contributed by atoms with E-state index < -0.39 is 23.4 Å². The van der Waals surface area contributed by atoms with Crippen LogP contribution in [-0.2, 0) is 22.5 Å². The summed E-state index contributed by atoms with van der Waals surface area (Å²) >= 11 is 1.67. The number of carbonyl (C=O) groups is 2. The van der Waals surface area contributed by atoms with Crippen molar-refractivity contribution >= 4 is 29.1 Å². The molecule has 0 aliphatic carbocycles. The van der Waals surface area contributed by atoms with Gasteiger partial charge in [0.15, 0.2) is 6.61 Å². The third-order valence-electron chi connectivity index (χ3n) is 3.46. The lowest BCUT2D eigenvalue weighted by Gasteiger charge is -2.26. The van der Waals surface area contributed by atoms with Crippen molar-refractivity contribution in [2.45, 2.75) is 13.0 Å². The molecule has 0 aromatic carbocycles. The fraction of sp³-hybridized carbons (Fsp3) is 0.286. The molecular weight excluding hydrogens is 324 g/mol. The number of amides is 1. The number of esters is 1. The highest BCUT2D eigenvalue weighted by molar-refractivity contribution is 7.10. The Hall–Kier alpha value is -2.68. The van der Waals surface area contributed by atoms with Gasteiger partial charge in [-0.25, -0.2) is 4.79 Å². The molecule has 1 aliphatic rings. The van der Waals surface area contributed by atoms with Crippen molar-refractivity contribution < 1.29 is 23.7 Å². The summed E-state index contributed by atoms with van der Waals surface area (Å²) in [6, 6.07) is 4.18. The second-order valence-corrected chi connectivity index (χ2v) is 5.91. The first-order valence-corrected chi connectivity index (χ1v) is 7.67.